The van der Waals surface area contributed by atoms with Gasteiger partial charge in [-0.2, -0.15) is 0 Å². The molecule has 7 nitrogen and oxygen atoms in total. The first kappa shape index (κ1) is 19.8. The number of benzene rings is 1. The molecule has 0 aliphatic heterocycles. The number of nitrogens with one attached hydrogen (secondary N) is 1. The van der Waals surface area contributed by atoms with E-state index < -0.39 is 5.91 Å². The zero-order valence-corrected chi connectivity index (χ0v) is 17.5. The quantitative estimate of drug-likeness (QED) is 0.442. The Kier molecular flexibility index (Phi) is 5.58. The maximum Gasteiger partial charge on any atom is 0.250 e. The van der Waals surface area contributed by atoms with Crippen molar-refractivity contribution < 1.29 is 13.9 Å². The Morgan fingerprint density at radius 2 is 2.13 bits per heavy atom. The number of hydrogen-bond acceptors (Lipinski definition) is 6. The van der Waals surface area contributed by atoms with Crippen LogP contribution in [0.25, 0.3) is 11.4 Å². The van der Waals surface area contributed by atoms with E-state index in [1.54, 1.807) is 19.4 Å². The maximum atomic E-state index is 12.0. The van der Waals surface area contributed by atoms with Gasteiger partial charge in [0.2, 0.25) is 0 Å². The first-order valence-electron chi connectivity index (χ1n) is 9.40. The van der Waals surface area contributed by atoms with Crippen LogP contribution < -0.4 is 15.8 Å². The van der Waals surface area contributed by atoms with Crippen LogP contribution in [0.15, 0.2) is 58.5 Å². The number of para-hydroxylation sites is 1. The van der Waals surface area contributed by atoms with Crippen molar-refractivity contribution in [2.75, 3.05) is 12.4 Å². The van der Waals surface area contributed by atoms with E-state index in [1.165, 1.54) is 11.3 Å². The molecular formula is C22H22N4O3S. The number of furan rings is 1. The predicted octanol–water partition coefficient (Wildman–Crippen LogP) is 4.28. The third kappa shape index (κ3) is 3.95. The summed E-state index contributed by atoms with van der Waals surface area (Å²) in [6, 6.07) is 13.4. The molecular weight excluding hydrogens is 400 g/mol. The standard InChI is InChI=1S/C22H22N4O3S/c1-14-17(21(23)27)10-19(26(14)12-15-6-3-4-8-20(15)28-2)18-13-30-22(25-18)24-11-16-7-5-9-29-16/h3-10,13H,11-12H2,1-2H3,(H2,23,27)(H,24,25). The number of ether oxygens (including phenoxy) is 1. The lowest BCUT2D eigenvalue weighted by Crippen LogP contribution is -2.13. The number of carbonyl (C=O) groups excluding carboxylic acids is 1. The topological polar surface area (TPSA) is 95.3 Å². The third-order valence-electron chi connectivity index (χ3n) is 4.91. The van der Waals surface area contributed by atoms with Gasteiger partial charge in [0.15, 0.2) is 5.13 Å². The number of amides is 1. The van der Waals surface area contributed by atoms with Crippen LogP contribution in [0.2, 0.25) is 0 Å². The smallest absolute Gasteiger partial charge is 0.250 e. The van der Waals surface area contributed by atoms with Gasteiger partial charge in [-0.3, -0.25) is 4.79 Å². The Hall–Kier alpha value is -3.52. The van der Waals surface area contributed by atoms with Crippen molar-refractivity contribution in [2.45, 2.75) is 20.0 Å². The van der Waals surface area contributed by atoms with Crippen LogP contribution >= 0.6 is 11.3 Å². The molecule has 154 valence electrons. The van der Waals surface area contributed by atoms with Crippen LogP contribution in [0.5, 0.6) is 5.75 Å². The monoisotopic (exact) mass is 422 g/mol. The van der Waals surface area contributed by atoms with E-state index in [0.29, 0.717) is 18.7 Å². The molecule has 3 heterocycles. The minimum absolute atomic E-state index is 0.459. The van der Waals surface area contributed by atoms with Gasteiger partial charge < -0.3 is 24.8 Å². The SMILES string of the molecule is COc1ccccc1Cn1c(-c2csc(NCc3ccco3)n2)cc(C(N)=O)c1C. The number of nitrogens with zero attached hydrogens (tertiary/aromatic N) is 2. The summed E-state index contributed by atoms with van der Waals surface area (Å²) in [7, 11) is 1.65. The molecule has 4 aromatic rings. The molecule has 0 aliphatic carbocycles. The van der Waals surface area contributed by atoms with Crippen LogP contribution in [0, 0.1) is 6.92 Å². The van der Waals surface area contributed by atoms with Crippen molar-refractivity contribution in [2.24, 2.45) is 5.73 Å². The molecule has 0 aliphatic rings. The van der Waals surface area contributed by atoms with Gasteiger partial charge in [0.05, 0.1) is 43.4 Å². The van der Waals surface area contributed by atoms with Crippen molar-refractivity contribution in [3.63, 3.8) is 0 Å². The summed E-state index contributed by atoms with van der Waals surface area (Å²) in [5.41, 5.74) is 9.49. The molecule has 0 saturated carbocycles. The predicted molar refractivity (Wildman–Crippen MR) is 117 cm³/mol. The lowest BCUT2D eigenvalue weighted by molar-refractivity contribution is 0.0999. The molecule has 0 bridgehead atoms. The number of thiazole rings is 1. The van der Waals surface area contributed by atoms with E-state index in [0.717, 1.165) is 39.3 Å². The Bertz CT molecular complexity index is 1160. The van der Waals surface area contributed by atoms with Gasteiger partial charge in [-0.1, -0.05) is 18.2 Å². The number of anilines is 1. The molecule has 0 atom stereocenters. The van der Waals surface area contributed by atoms with Crippen LogP contribution in [0.3, 0.4) is 0 Å². The number of carbonyl (C=O) groups is 1. The van der Waals surface area contributed by atoms with E-state index in [9.17, 15) is 4.79 Å². The molecule has 0 unspecified atom stereocenters. The zero-order chi connectivity index (χ0) is 21.1. The lowest BCUT2D eigenvalue weighted by atomic mass is 10.2. The maximum absolute atomic E-state index is 12.0. The molecule has 30 heavy (non-hydrogen) atoms. The van der Waals surface area contributed by atoms with Gasteiger partial charge in [0.25, 0.3) is 5.91 Å². The highest BCUT2D eigenvalue weighted by Gasteiger charge is 2.19. The third-order valence-corrected chi connectivity index (χ3v) is 5.71. The van der Waals surface area contributed by atoms with Crippen molar-refractivity contribution >= 4 is 22.4 Å². The van der Waals surface area contributed by atoms with E-state index in [-0.39, 0.29) is 0 Å². The molecule has 0 fully saturated rings. The second kappa shape index (κ2) is 8.46. The minimum Gasteiger partial charge on any atom is -0.496 e. The molecule has 8 heteroatoms. The average Bonchev–Trinajstić information content (AvgIpc) is 3.48. The summed E-state index contributed by atoms with van der Waals surface area (Å²) >= 11 is 1.49. The molecule has 3 aromatic heterocycles. The Morgan fingerprint density at radius 3 is 2.87 bits per heavy atom. The van der Waals surface area contributed by atoms with E-state index >= 15 is 0 Å². The van der Waals surface area contributed by atoms with Crippen LogP contribution in [-0.2, 0) is 13.1 Å². The second-order valence-corrected chi connectivity index (χ2v) is 7.62. The Balaban J connectivity index is 1.67. The fraction of sp³-hybridized carbons (Fsp3) is 0.182. The number of primary amides is 1. The van der Waals surface area contributed by atoms with E-state index in [4.69, 9.17) is 19.9 Å². The summed E-state index contributed by atoms with van der Waals surface area (Å²) in [4.78, 5) is 16.7. The first-order chi connectivity index (χ1) is 14.6. The summed E-state index contributed by atoms with van der Waals surface area (Å²) in [5, 5.41) is 5.99. The number of nitrogens with two attached hydrogens (primary N) is 1. The number of methoxy groups -OCH3 is 1. The van der Waals surface area contributed by atoms with Gasteiger partial charge in [-0.25, -0.2) is 4.98 Å². The van der Waals surface area contributed by atoms with Crippen LogP contribution in [0.4, 0.5) is 5.13 Å². The van der Waals surface area contributed by atoms with E-state index in [1.807, 2.05) is 53.3 Å². The lowest BCUT2D eigenvalue weighted by Gasteiger charge is -2.13. The molecule has 1 aromatic carbocycles. The molecule has 0 spiro atoms. The van der Waals surface area contributed by atoms with Crippen LogP contribution in [-0.4, -0.2) is 22.6 Å². The van der Waals surface area contributed by atoms with Gasteiger partial charge in [-0.05, 0) is 31.2 Å². The summed E-state index contributed by atoms with van der Waals surface area (Å²) in [6.07, 6.45) is 1.64. The Morgan fingerprint density at radius 1 is 1.30 bits per heavy atom. The highest BCUT2D eigenvalue weighted by atomic mass is 32.1. The fourth-order valence-electron chi connectivity index (χ4n) is 3.36. The number of rotatable bonds is 8. The molecule has 4 rings (SSSR count). The minimum atomic E-state index is -0.459. The first-order valence-corrected chi connectivity index (χ1v) is 10.3. The number of aromatic nitrogens is 2. The normalized spacial score (nSPS) is 10.9. The van der Waals surface area contributed by atoms with Gasteiger partial charge in [0, 0.05) is 16.6 Å². The summed E-state index contributed by atoms with van der Waals surface area (Å²) in [5.74, 6) is 1.16. The van der Waals surface area contributed by atoms with Crippen molar-refractivity contribution in [3.8, 4) is 17.1 Å². The summed E-state index contributed by atoms with van der Waals surface area (Å²) < 4.78 is 12.9. The molecule has 0 radical (unpaired) electrons. The Labute approximate surface area is 178 Å². The number of hydrogen-bond donors (Lipinski definition) is 2. The molecule has 1 amide bonds. The zero-order valence-electron chi connectivity index (χ0n) is 16.7. The highest BCUT2D eigenvalue weighted by molar-refractivity contribution is 7.14. The van der Waals surface area contributed by atoms with Gasteiger partial charge >= 0.3 is 0 Å². The highest BCUT2D eigenvalue weighted by Crippen LogP contribution is 2.31. The molecule has 3 N–H and O–H groups in total. The van der Waals surface area contributed by atoms with Crippen LogP contribution in [0.1, 0.15) is 27.4 Å². The van der Waals surface area contributed by atoms with Crippen molar-refractivity contribution in [3.05, 3.63) is 76.7 Å². The fourth-order valence-corrected chi connectivity index (χ4v) is 4.07. The second-order valence-electron chi connectivity index (χ2n) is 6.76. The molecule has 0 saturated heterocycles. The average molecular weight is 423 g/mol. The largest absolute Gasteiger partial charge is 0.496 e. The van der Waals surface area contributed by atoms with Gasteiger partial charge in [-0.15, -0.1) is 11.3 Å². The van der Waals surface area contributed by atoms with E-state index in [2.05, 4.69) is 5.32 Å². The van der Waals surface area contributed by atoms with Crippen molar-refractivity contribution in [1.82, 2.24) is 9.55 Å². The van der Waals surface area contributed by atoms with Crippen molar-refractivity contribution in [1.29, 1.82) is 0 Å². The summed E-state index contributed by atoms with van der Waals surface area (Å²) in [6.45, 7) is 2.97. The van der Waals surface area contributed by atoms with Gasteiger partial charge in [0.1, 0.15) is 11.5 Å².